The van der Waals surface area contributed by atoms with E-state index in [1.54, 1.807) is 18.2 Å². The summed E-state index contributed by atoms with van der Waals surface area (Å²) in [6.45, 7) is 2.06. The summed E-state index contributed by atoms with van der Waals surface area (Å²) in [5.41, 5.74) is 13.8. The fourth-order valence-corrected chi connectivity index (χ4v) is 3.39. The molecular formula is C17H20Cl2N4. The number of aromatic nitrogens is 2. The van der Waals surface area contributed by atoms with E-state index in [0.29, 0.717) is 27.0 Å². The molecule has 0 spiro atoms. The summed E-state index contributed by atoms with van der Waals surface area (Å²) in [5, 5.41) is 0.782. The Morgan fingerprint density at radius 2 is 2.00 bits per heavy atom. The van der Waals surface area contributed by atoms with E-state index in [1.807, 2.05) is 0 Å². The van der Waals surface area contributed by atoms with Crippen LogP contribution in [0.25, 0.3) is 11.3 Å². The molecule has 0 bridgehead atoms. The Morgan fingerprint density at radius 1 is 1.30 bits per heavy atom. The normalized spacial score (nSPS) is 25.2. The predicted octanol–water partition coefficient (Wildman–Crippen LogP) is 4.41. The van der Waals surface area contributed by atoms with Gasteiger partial charge >= 0.3 is 0 Å². The molecule has 122 valence electrons. The van der Waals surface area contributed by atoms with E-state index in [-0.39, 0.29) is 23.4 Å². The molecule has 1 aliphatic carbocycles. The maximum atomic E-state index is 8.28. The van der Waals surface area contributed by atoms with Crippen LogP contribution in [0.5, 0.6) is 0 Å². The van der Waals surface area contributed by atoms with E-state index in [2.05, 4.69) is 16.9 Å². The highest BCUT2D eigenvalue weighted by molar-refractivity contribution is 6.43. The second-order valence-electron chi connectivity index (χ2n) is 6.48. The Kier molecular flexibility index (Phi) is 4.14. The monoisotopic (exact) mass is 351 g/mol. The van der Waals surface area contributed by atoms with Gasteiger partial charge in [-0.2, -0.15) is 0 Å². The van der Waals surface area contributed by atoms with E-state index < -0.39 is 0 Å². The molecule has 0 saturated heterocycles. The van der Waals surface area contributed by atoms with Crippen molar-refractivity contribution in [3.05, 3.63) is 40.1 Å². The van der Waals surface area contributed by atoms with Crippen LogP contribution >= 0.6 is 23.2 Å². The van der Waals surface area contributed by atoms with Gasteiger partial charge in [-0.3, -0.25) is 4.98 Å². The van der Waals surface area contributed by atoms with Gasteiger partial charge < -0.3 is 11.5 Å². The summed E-state index contributed by atoms with van der Waals surface area (Å²) in [6.07, 6.45) is 3.73. The molecule has 6 heteroatoms. The molecule has 0 radical (unpaired) electrons. The molecule has 0 amide bonds. The first-order valence-corrected chi connectivity index (χ1v) is 8.41. The van der Waals surface area contributed by atoms with Crippen molar-refractivity contribution in [2.45, 2.75) is 44.1 Å². The summed E-state index contributed by atoms with van der Waals surface area (Å²) in [6, 6.07) is 5.23. The molecule has 0 atom stereocenters. The van der Waals surface area contributed by atoms with E-state index in [9.17, 15) is 0 Å². The third-order valence-corrected chi connectivity index (χ3v) is 5.31. The van der Waals surface area contributed by atoms with Crippen LogP contribution in [-0.4, -0.2) is 15.5 Å². The molecule has 1 aromatic carbocycles. The van der Waals surface area contributed by atoms with E-state index in [4.69, 9.17) is 36.0 Å². The molecule has 1 fully saturated rings. The molecule has 3 rings (SSSR count). The van der Waals surface area contributed by atoms with Crippen LogP contribution in [0, 0.1) is 0 Å². The molecule has 0 unspecified atom stereocenters. The van der Waals surface area contributed by atoms with Crippen molar-refractivity contribution in [2.75, 3.05) is 5.73 Å². The topological polar surface area (TPSA) is 77.8 Å². The smallest absolute Gasteiger partial charge is 0.150 e. The van der Waals surface area contributed by atoms with Gasteiger partial charge in [-0.15, -0.1) is 0 Å². The van der Waals surface area contributed by atoms with Crippen molar-refractivity contribution < 1.29 is 1.37 Å². The van der Waals surface area contributed by atoms with Gasteiger partial charge in [-0.05, 0) is 38.7 Å². The molecule has 4 N–H and O–H groups in total. The lowest BCUT2D eigenvalue weighted by atomic mass is 9.77. The maximum Gasteiger partial charge on any atom is 0.150 e. The Labute approximate surface area is 147 Å². The Balaban J connectivity index is 1.96. The van der Waals surface area contributed by atoms with Crippen molar-refractivity contribution in [3.8, 4) is 11.3 Å². The second-order valence-corrected chi connectivity index (χ2v) is 7.27. The van der Waals surface area contributed by atoms with Gasteiger partial charge in [0.05, 0.1) is 17.1 Å². The van der Waals surface area contributed by atoms with Gasteiger partial charge in [0.2, 0.25) is 0 Å². The Hall–Kier alpha value is -1.36. The summed E-state index contributed by atoms with van der Waals surface area (Å²) in [5.74, 6) is 0.444. The van der Waals surface area contributed by atoms with Crippen LogP contribution in [0.1, 0.15) is 45.6 Å². The lowest BCUT2D eigenvalue weighted by molar-refractivity contribution is 0.292. The van der Waals surface area contributed by atoms with E-state index in [1.165, 1.54) is 0 Å². The van der Waals surface area contributed by atoms with Crippen LogP contribution in [0.15, 0.2) is 24.4 Å². The number of anilines is 1. The van der Waals surface area contributed by atoms with Crippen LogP contribution in [0.3, 0.4) is 0 Å². The number of nitrogens with zero attached hydrogens (tertiary/aromatic N) is 2. The predicted molar refractivity (Wildman–Crippen MR) is 95.7 cm³/mol. The third kappa shape index (κ3) is 3.44. The SMILES string of the molecule is [2H]c1nc(-c2cccc(Cl)c2Cl)c(N)nc1C1CCC(C)(N)CC1. The average molecular weight is 352 g/mol. The largest absolute Gasteiger partial charge is 0.382 e. The van der Waals surface area contributed by atoms with Crippen LogP contribution in [0.4, 0.5) is 5.82 Å². The highest BCUT2D eigenvalue weighted by Gasteiger charge is 2.29. The van der Waals surface area contributed by atoms with Gasteiger partial charge in [0.1, 0.15) is 11.5 Å². The lowest BCUT2D eigenvalue weighted by Crippen LogP contribution is -2.39. The van der Waals surface area contributed by atoms with Gasteiger partial charge in [-0.1, -0.05) is 35.3 Å². The molecule has 0 aliphatic heterocycles. The van der Waals surface area contributed by atoms with Crippen molar-refractivity contribution in [3.63, 3.8) is 0 Å². The van der Waals surface area contributed by atoms with Crippen molar-refractivity contribution in [1.29, 1.82) is 0 Å². The summed E-state index contributed by atoms with van der Waals surface area (Å²) in [4.78, 5) is 8.84. The molecular weight excluding hydrogens is 331 g/mol. The number of benzene rings is 1. The zero-order valence-corrected chi connectivity index (χ0v) is 14.5. The Morgan fingerprint density at radius 3 is 2.70 bits per heavy atom. The minimum atomic E-state index is -0.133. The Bertz CT molecular complexity index is 769. The first kappa shape index (κ1) is 15.2. The highest BCUT2D eigenvalue weighted by Crippen LogP contribution is 2.38. The molecule has 4 nitrogen and oxygen atoms in total. The number of hydrogen-bond donors (Lipinski definition) is 2. The van der Waals surface area contributed by atoms with E-state index in [0.717, 1.165) is 25.7 Å². The van der Waals surface area contributed by atoms with Crippen molar-refractivity contribution in [1.82, 2.24) is 9.97 Å². The molecule has 2 aromatic rings. The molecule has 1 saturated carbocycles. The first-order chi connectivity index (χ1) is 11.3. The fourth-order valence-electron chi connectivity index (χ4n) is 3.00. The number of rotatable bonds is 2. The fraction of sp³-hybridized carbons (Fsp3) is 0.412. The summed E-state index contributed by atoms with van der Waals surface area (Å²) >= 11 is 12.3. The van der Waals surface area contributed by atoms with Crippen LogP contribution in [-0.2, 0) is 0 Å². The minimum Gasteiger partial charge on any atom is -0.382 e. The lowest BCUT2D eigenvalue weighted by Gasteiger charge is -2.33. The van der Waals surface area contributed by atoms with Gasteiger partial charge in [-0.25, -0.2) is 4.98 Å². The standard InChI is InChI=1S/C17H20Cl2N4/c1-17(21)7-5-10(6-8-17)13-9-22-15(16(20)23-13)11-3-2-4-12(18)14(11)19/h2-4,9-10H,5-8,21H2,1H3,(H2,20,23)/i9D. The summed E-state index contributed by atoms with van der Waals surface area (Å²) in [7, 11) is 0. The van der Waals surface area contributed by atoms with Crippen molar-refractivity contribution >= 4 is 29.0 Å². The first-order valence-electron chi connectivity index (χ1n) is 8.16. The number of nitrogens with two attached hydrogens (primary N) is 2. The van der Waals surface area contributed by atoms with Crippen LogP contribution in [0.2, 0.25) is 10.0 Å². The molecule has 1 aromatic heterocycles. The molecule has 1 aliphatic rings. The highest BCUT2D eigenvalue weighted by atomic mass is 35.5. The number of hydrogen-bond acceptors (Lipinski definition) is 4. The summed E-state index contributed by atoms with van der Waals surface area (Å²) < 4.78 is 8.28. The number of halogens is 2. The van der Waals surface area contributed by atoms with Crippen LogP contribution < -0.4 is 11.5 Å². The van der Waals surface area contributed by atoms with Gasteiger partial charge in [0.25, 0.3) is 0 Å². The van der Waals surface area contributed by atoms with Gasteiger partial charge in [0, 0.05) is 23.2 Å². The second kappa shape index (κ2) is 6.27. The quantitative estimate of drug-likeness (QED) is 0.839. The van der Waals surface area contributed by atoms with Gasteiger partial charge in [0.15, 0.2) is 0 Å². The third-order valence-electron chi connectivity index (χ3n) is 4.49. The zero-order chi connectivity index (χ0) is 17.5. The number of nitrogen functional groups attached to an aromatic ring is 1. The van der Waals surface area contributed by atoms with Crippen molar-refractivity contribution in [2.24, 2.45) is 5.73 Å². The molecule has 23 heavy (non-hydrogen) atoms. The maximum absolute atomic E-state index is 8.28. The zero-order valence-electron chi connectivity index (χ0n) is 13.9. The minimum absolute atomic E-state index is 0.133. The average Bonchev–Trinajstić information content (AvgIpc) is 2.52. The molecule has 1 heterocycles. The van der Waals surface area contributed by atoms with E-state index >= 15 is 0 Å².